The number of nitrogens with zero attached hydrogens (tertiary/aromatic N) is 1. The highest BCUT2D eigenvalue weighted by atomic mass is 32.2. The van der Waals surface area contributed by atoms with Gasteiger partial charge in [-0.3, -0.25) is 0 Å². The van der Waals surface area contributed by atoms with Crippen LogP contribution in [0, 0.1) is 0 Å². The third kappa shape index (κ3) is 4.48. The van der Waals surface area contributed by atoms with Crippen molar-refractivity contribution in [2.45, 2.75) is 44.4 Å². The van der Waals surface area contributed by atoms with E-state index in [1.54, 1.807) is 0 Å². The number of hydrogen-bond donors (Lipinski definition) is 0. The molecule has 0 N–H and O–H groups in total. The molecular weight excluding hydrogens is 278 g/mol. The molecule has 0 bridgehead atoms. The minimum Gasteiger partial charge on any atom is -0.380 e. The van der Waals surface area contributed by atoms with Crippen LogP contribution >= 0.6 is 11.8 Å². The summed E-state index contributed by atoms with van der Waals surface area (Å²) in [7, 11) is 0. The van der Waals surface area contributed by atoms with Crippen LogP contribution in [0.2, 0.25) is 0 Å². The summed E-state index contributed by atoms with van der Waals surface area (Å²) in [4.78, 5) is 4.00. The lowest BCUT2D eigenvalue weighted by atomic mass is 10.0. The molecule has 0 spiro atoms. The fourth-order valence-electron chi connectivity index (χ4n) is 3.06. The van der Waals surface area contributed by atoms with E-state index in [9.17, 15) is 0 Å². The van der Waals surface area contributed by atoms with Crippen molar-refractivity contribution < 1.29 is 4.74 Å². The molecule has 1 fully saturated rings. The fraction of sp³-hybridized carbons (Fsp3) is 0.667. The van der Waals surface area contributed by atoms with Crippen molar-refractivity contribution >= 4 is 11.8 Å². The molecule has 0 amide bonds. The summed E-state index contributed by atoms with van der Waals surface area (Å²) in [5.41, 5.74) is 2.96. The number of thioether (sulfide) groups is 1. The molecule has 0 aliphatic carbocycles. The Morgan fingerprint density at radius 2 is 2.05 bits per heavy atom. The summed E-state index contributed by atoms with van der Waals surface area (Å²) < 4.78 is 5.79. The van der Waals surface area contributed by atoms with Crippen LogP contribution in [0.4, 0.5) is 0 Å². The van der Waals surface area contributed by atoms with E-state index in [1.165, 1.54) is 47.7 Å². The summed E-state index contributed by atoms with van der Waals surface area (Å²) in [5.74, 6) is 1.96. The SMILES string of the molecule is C.CC1CSc2cc(CCOCCN3CCCC3)ccc21. The Morgan fingerprint density at radius 3 is 2.86 bits per heavy atom. The second kappa shape index (κ2) is 8.21. The zero-order chi connectivity index (χ0) is 13.8. The van der Waals surface area contributed by atoms with E-state index in [0.29, 0.717) is 0 Å². The van der Waals surface area contributed by atoms with E-state index in [2.05, 4.69) is 30.0 Å². The molecule has 1 saturated heterocycles. The third-order valence-corrected chi connectivity index (χ3v) is 5.71. The number of likely N-dealkylation sites (tertiary alicyclic amines) is 1. The van der Waals surface area contributed by atoms with Gasteiger partial charge in [-0.2, -0.15) is 0 Å². The topological polar surface area (TPSA) is 12.5 Å². The molecule has 1 aromatic rings. The van der Waals surface area contributed by atoms with E-state index < -0.39 is 0 Å². The maximum atomic E-state index is 5.79. The molecule has 0 aromatic heterocycles. The van der Waals surface area contributed by atoms with Gasteiger partial charge in [0.25, 0.3) is 0 Å². The van der Waals surface area contributed by atoms with Crippen molar-refractivity contribution in [2.75, 3.05) is 38.6 Å². The molecule has 2 heterocycles. The minimum absolute atomic E-state index is 0. The smallest absolute Gasteiger partial charge is 0.0593 e. The third-order valence-electron chi connectivity index (χ3n) is 4.38. The van der Waals surface area contributed by atoms with Gasteiger partial charge in [-0.25, -0.2) is 0 Å². The van der Waals surface area contributed by atoms with E-state index in [4.69, 9.17) is 4.74 Å². The van der Waals surface area contributed by atoms with Gasteiger partial charge in [-0.15, -0.1) is 11.8 Å². The van der Waals surface area contributed by atoms with Crippen LogP contribution < -0.4 is 0 Å². The molecule has 1 atom stereocenters. The van der Waals surface area contributed by atoms with Crippen molar-refractivity contribution in [2.24, 2.45) is 0 Å². The average Bonchev–Trinajstić information content (AvgIpc) is 3.09. The minimum atomic E-state index is 0. The molecule has 1 unspecified atom stereocenters. The van der Waals surface area contributed by atoms with E-state index in [0.717, 1.165) is 32.1 Å². The molecule has 2 aliphatic heterocycles. The highest BCUT2D eigenvalue weighted by molar-refractivity contribution is 7.99. The van der Waals surface area contributed by atoms with Gasteiger partial charge in [-0.1, -0.05) is 26.5 Å². The Kier molecular flexibility index (Phi) is 6.59. The zero-order valence-electron chi connectivity index (χ0n) is 12.4. The number of benzene rings is 1. The predicted octanol–water partition coefficient (Wildman–Crippen LogP) is 4.19. The second-order valence-electron chi connectivity index (χ2n) is 6.00. The van der Waals surface area contributed by atoms with Gasteiger partial charge < -0.3 is 9.64 Å². The summed E-state index contributed by atoms with van der Waals surface area (Å²) in [6, 6.07) is 6.97. The van der Waals surface area contributed by atoms with Crippen molar-refractivity contribution in [1.29, 1.82) is 0 Å². The first kappa shape index (κ1) is 16.9. The Balaban J connectivity index is 0.00000161. The first-order valence-electron chi connectivity index (χ1n) is 7.88. The Hall–Kier alpha value is -0.510. The lowest BCUT2D eigenvalue weighted by Gasteiger charge is -2.14. The van der Waals surface area contributed by atoms with Crippen LogP contribution in [-0.2, 0) is 11.2 Å². The van der Waals surface area contributed by atoms with Crippen LogP contribution in [0.15, 0.2) is 23.1 Å². The lowest BCUT2D eigenvalue weighted by molar-refractivity contribution is 0.113. The number of rotatable bonds is 6. The average molecular weight is 308 g/mol. The molecule has 21 heavy (non-hydrogen) atoms. The Labute approximate surface area is 134 Å². The molecule has 0 radical (unpaired) electrons. The summed E-state index contributed by atoms with van der Waals surface area (Å²) in [6.07, 6.45) is 3.78. The molecule has 1 aromatic carbocycles. The van der Waals surface area contributed by atoms with Crippen molar-refractivity contribution in [1.82, 2.24) is 4.90 Å². The quantitative estimate of drug-likeness (QED) is 0.731. The second-order valence-corrected chi connectivity index (χ2v) is 7.06. The van der Waals surface area contributed by atoms with Crippen molar-refractivity contribution in [3.05, 3.63) is 29.3 Å². The van der Waals surface area contributed by atoms with Crippen LogP contribution in [0.5, 0.6) is 0 Å². The monoisotopic (exact) mass is 307 g/mol. The molecule has 2 nitrogen and oxygen atoms in total. The number of fused-ring (bicyclic) bond motifs is 1. The zero-order valence-corrected chi connectivity index (χ0v) is 13.3. The predicted molar refractivity (Wildman–Crippen MR) is 92.5 cm³/mol. The molecule has 118 valence electrons. The lowest BCUT2D eigenvalue weighted by Crippen LogP contribution is -2.24. The molecule has 3 heteroatoms. The molecule has 2 aliphatic rings. The van der Waals surface area contributed by atoms with Gasteiger partial charge in [0.2, 0.25) is 0 Å². The standard InChI is InChI=1S/C17H25NOS.CH4/c1-14-13-20-17-12-15(4-5-16(14)17)6-10-19-11-9-18-7-2-3-8-18;/h4-5,12,14H,2-3,6-11,13H2,1H3;1H4. The highest BCUT2D eigenvalue weighted by Crippen LogP contribution is 2.39. The maximum Gasteiger partial charge on any atom is 0.0593 e. The highest BCUT2D eigenvalue weighted by Gasteiger charge is 2.18. The van der Waals surface area contributed by atoms with Gasteiger partial charge in [0.1, 0.15) is 0 Å². The Bertz CT molecular complexity index is 443. The summed E-state index contributed by atoms with van der Waals surface area (Å²) in [6.45, 7) is 7.70. The van der Waals surface area contributed by atoms with E-state index in [1.807, 2.05) is 11.8 Å². The van der Waals surface area contributed by atoms with Gasteiger partial charge in [-0.05, 0) is 55.5 Å². The van der Waals surface area contributed by atoms with Gasteiger partial charge >= 0.3 is 0 Å². The van der Waals surface area contributed by atoms with Crippen LogP contribution in [0.3, 0.4) is 0 Å². The van der Waals surface area contributed by atoms with Crippen LogP contribution in [-0.4, -0.2) is 43.5 Å². The number of ether oxygens (including phenoxy) is 1. The van der Waals surface area contributed by atoms with Crippen LogP contribution in [0.25, 0.3) is 0 Å². The first-order valence-corrected chi connectivity index (χ1v) is 8.87. The summed E-state index contributed by atoms with van der Waals surface area (Å²) in [5, 5.41) is 0. The summed E-state index contributed by atoms with van der Waals surface area (Å²) >= 11 is 2.00. The normalized spacial score (nSPS) is 21.3. The first-order chi connectivity index (χ1) is 9.83. The number of hydrogen-bond acceptors (Lipinski definition) is 3. The van der Waals surface area contributed by atoms with Gasteiger partial charge in [0.15, 0.2) is 0 Å². The van der Waals surface area contributed by atoms with E-state index >= 15 is 0 Å². The molecular formula is C18H29NOS. The molecule has 3 rings (SSSR count). The van der Waals surface area contributed by atoms with Crippen molar-refractivity contribution in [3.63, 3.8) is 0 Å². The van der Waals surface area contributed by atoms with Gasteiger partial charge in [0, 0.05) is 17.2 Å². The fourth-order valence-corrected chi connectivity index (χ4v) is 4.34. The maximum absolute atomic E-state index is 5.79. The Morgan fingerprint density at radius 1 is 1.24 bits per heavy atom. The van der Waals surface area contributed by atoms with Crippen LogP contribution in [0.1, 0.15) is 44.2 Å². The molecule has 0 saturated carbocycles. The van der Waals surface area contributed by atoms with Gasteiger partial charge in [0.05, 0.1) is 13.2 Å². The van der Waals surface area contributed by atoms with Crippen molar-refractivity contribution in [3.8, 4) is 0 Å². The largest absolute Gasteiger partial charge is 0.380 e. The van der Waals surface area contributed by atoms with E-state index in [-0.39, 0.29) is 7.43 Å².